The van der Waals surface area contributed by atoms with Crippen LogP contribution >= 0.6 is 0 Å². The lowest BCUT2D eigenvalue weighted by Gasteiger charge is -2.11. The number of benzene rings is 2. The van der Waals surface area contributed by atoms with E-state index in [1.807, 2.05) is 0 Å². The van der Waals surface area contributed by atoms with Crippen molar-refractivity contribution in [1.82, 2.24) is 0 Å². The summed E-state index contributed by atoms with van der Waals surface area (Å²) in [6.45, 7) is -0.253. The minimum Gasteiger partial charge on any atom is -0.496 e. The summed E-state index contributed by atoms with van der Waals surface area (Å²) in [7, 11) is -1.41. The first-order valence-corrected chi connectivity index (χ1v) is 8.51. The van der Waals surface area contributed by atoms with Crippen molar-refractivity contribution in [3.05, 3.63) is 53.3 Å². The van der Waals surface area contributed by atoms with Gasteiger partial charge in [-0.25, -0.2) is 22.7 Å². The van der Waals surface area contributed by atoms with E-state index >= 15 is 0 Å². The minimum atomic E-state index is -4.09. The van der Waals surface area contributed by atoms with Crippen LogP contribution in [0.2, 0.25) is 0 Å². The number of nitrogens with two attached hydrogens (primary N) is 1. The molecule has 2 aromatic carbocycles. The van der Waals surface area contributed by atoms with Crippen molar-refractivity contribution in [3.63, 3.8) is 0 Å². The van der Waals surface area contributed by atoms with Gasteiger partial charge >= 0.3 is 5.97 Å². The Kier molecular flexibility index (Phi) is 5.60. The van der Waals surface area contributed by atoms with E-state index < -0.39 is 21.8 Å². The van der Waals surface area contributed by atoms with E-state index in [-0.39, 0.29) is 22.8 Å². The first-order chi connectivity index (χ1) is 11.8. The van der Waals surface area contributed by atoms with E-state index in [9.17, 15) is 17.6 Å². The van der Waals surface area contributed by atoms with Gasteiger partial charge in [-0.3, -0.25) is 0 Å². The molecule has 0 bridgehead atoms. The van der Waals surface area contributed by atoms with Crippen LogP contribution in [0.4, 0.5) is 4.39 Å². The molecule has 2 aromatic rings. The number of hydrogen-bond donors (Lipinski definition) is 1. The maximum absolute atomic E-state index is 13.3. The van der Waals surface area contributed by atoms with E-state index in [0.29, 0.717) is 11.3 Å². The van der Waals surface area contributed by atoms with Crippen molar-refractivity contribution < 1.29 is 31.8 Å². The molecule has 0 radical (unpaired) electrons. The second-order valence-corrected chi connectivity index (χ2v) is 6.47. The lowest BCUT2D eigenvalue weighted by atomic mass is 10.2. The normalized spacial score (nSPS) is 11.0. The van der Waals surface area contributed by atoms with Crippen molar-refractivity contribution in [3.8, 4) is 11.5 Å². The molecule has 0 heterocycles. The van der Waals surface area contributed by atoms with E-state index in [1.54, 1.807) is 0 Å². The highest BCUT2D eigenvalue weighted by Gasteiger charge is 2.19. The van der Waals surface area contributed by atoms with Gasteiger partial charge in [0.05, 0.1) is 19.8 Å². The second kappa shape index (κ2) is 7.49. The fraction of sp³-hybridized carbons (Fsp3) is 0.188. The molecule has 0 spiro atoms. The van der Waals surface area contributed by atoms with Crippen molar-refractivity contribution in [2.24, 2.45) is 5.14 Å². The molecule has 0 saturated carbocycles. The van der Waals surface area contributed by atoms with E-state index in [0.717, 1.165) is 6.07 Å². The maximum atomic E-state index is 13.3. The van der Waals surface area contributed by atoms with Crippen molar-refractivity contribution >= 4 is 16.0 Å². The molecule has 9 heteroatoms. The zero-order chi connectivity index (χ0) is 18.6. The molecule has 0 aliphatic rings. The molecule has 2 N–H and O–H groups in total. The number of carbonyl (C=O) groups excluding carboxylic acids is 1. The van der Waals surface area contributed by atoms with Crippen LogP contribution in [0.3, 0.4) is 0 Å². The highest BCUT2D eigenvalue weighted by Crippen LogP contribution is 2.25. The number of ether oxygens (including phenoxy) is 3. The Bertz CT molecular complexity index is 897. The van der Waals surface area contributed by atoms with E-state index in [1.165, 1.54) is 44.6 Å². The summed E-state index contributed by atoms with van der Waals surface area (Å²) in [6.07, 6.45) is 0. The predicted molar refractivity (Wildman–Crippen MR) is 86.4 cm³/mol. The first-order valence-electron chi connectivity index (χ1n) is 6.96. The van der Waals surface area contributed by atoms with Gasteiger partial charge < -0.3 is 14.2 Å². The number of halogens is 1. The Morgan fingerprint density at radius 3 is 2.32 bits per heavy atom. The molecule has 0 aliphatic carbocycles. The number of rotatable bonds is 6. The highest BCUT2D eigenvalue weighted by atomic mass is 32.2. The first kappa shape index (κ1) is 18.7. The third-order valence-electron chi connectivity index (χ3n) is 3.31. The van der Waals surface area contributed by atoms with Gasteiger partial charge in [0.1, 0.15) is 28.8 Å². The minimum absolute atomic E-state index is 0.00542. The summed E-state index contributed by atoms with van der Waals surface area (Å²) in [5.41, 5.74) is 0.288. The van der Waals surface area contributed by atoms with Crippen LogP contribution in [0.5, 0.6) is 11.5 Å². The molecule has 0 atom stereocenters. The summed E-state index contributed by atoms with van der Waals surface area (Å²) in [5, 5.41) is 5.10. The van der Waals surface area contributed by atoms with Gasteiger partial charge in [0.2, 0.25) is 10.0 Å². The molecular weight excluding hydrogens is 353 g/mol. The Hall–Kier alpha value is -2.65. The Morgan fingerprint density at radius 1 is 1.08 bits per heavy atom. The lowest BCUT2D eigenvalue weighted by Crippen LogP contribution is -2.15. The Labute approximate surface area is 144 Å². The predicted octanol–water partition coefficient (Wildman–Crippen LogP) is 1.85. The monoisotopic (exact) mass is 369 g/mol. The van der Waals surface area contributed by atoms with Crippen LogP contribution in [-0.4, -0.2) is 28.6 Å². The van der Waals surface area contributed by atoms with Crippen LogP contribution < -0.4 is 14.6 Å². The van der Waals surface area contributed by atoms with E-state index in [2.05, 4.69) is 0 Å². The molecule has 25 heavy (non-hydrogen) atoms. The second-order valence-electron chi connectivity index (χ2n) is 4.94. The maximum Gasteiger partial charge on any atom is 0.338 e. The highest BCUT2D eigenvalue weighted by molar-refractivity contribution is 7.89. The molecule has 0 unspecified atom stereocenters. The van der Waals surface area contributed by atoms with E-state index in [4.69, 9.17) is 19.3 Å². The standard InChI is InChI=1S/C16H16FNO6S/c1-22-13-6-4-12(17)7-11(13)9-24-16(19)10-3-5-14(23-2)15(8-10)25(18,20)21/h3-8H,9H2,1-2H3,(H2,18,20,21). The number of methoxy groups -OCH3 is 2. The zero-order valence-electron chi connectivity index (χ0n) is 13.5. The van der Waals surface area contributed by atoms with Gasteiger partial charge in [0, 0.05) is 5.56 Å². The van der Waals surface area contributed by atoms with Gasteiger partial charge in [-0.1, -0.05) is 0 Å². The average Bonchev–Trinajstić information content (AvgIpc) is 2.58. The molecule has 134 valence electrons. The largest absolute Gasteiger partial charge is 0.496 e. The van der Waals surface area contributed by atoms with Crippen LogP contribution in [-0.2, 0) is 21.4 Å². The van der Waals surface area contributed by atoms with Crippen LogP contribution in [0, 0.1) is 5.82 Å². The zero-order valence-corrected chi connectivity index (χ0v) is 14.3. The molecule has 0 aliphatic heterocycles. The summed E-state index contributed by atoms with van der Waals surface area (Å²) < 4.78 is 51.5. The van der Waals surface area contributed by atoms with Crippen LogP contribution in [0.1, 0.15) is 15.9 Å². The van der Waals surface area contributed by atoms with Crippen molar-refractivity contribution in [1.29, 1.82) is 0 Å². The molecule has 0 fully saturated rings. The molecule has 0 saturated heterocycles. The smallest absolute Gasteiger partial charge is 0.338 e. The fourth-order valence-corrected chi connectivity index (χ4v) is 2.84. The van der Waals surface area contributed by atoms with Gasteiger partial charge in [-0.15, -0.1) is 0 Å². The fourth-order valence-electron chi connectivity index (χ4n) is 2.11. The quantitative estimate of drug-likeness (QED) is 0.779. The molecule has 0 amide bonds. The molecule has 2 rings (SSSR count). The number of carbonyl (C=O) groups is 1. The SMILES string of the molecule is COc1ccc(F)cc1COC(=O)c1ccc(OC)c(S(N)(=O)=O)c1. The van der Waals surface area contributed by atoms with Crippen LogP contribution in [0.15, 0.2) is 41.3 Å². The number of sulfonamides is 1. The van der Waals surface area contributed by atoms with Gasteiger partial charge in [0.15, 0.2) is 0 Å². The topological polar surface area (TPSA) is 105 Å². The third-order valence-corrected chi connectivity index (χ3v) is 4.24. The van der Waals surface area contributed by atoms with Crippen molar-refractivity contribution in [2.75, 3.05) is 14.2 Å². The lowest BCUT2D eigenvalue weighted by molar-refractivity contribution is 0.0469. The van der Waals surface area contributed by atoms with Gasteiger partial charge in [0.25, 0.3) is 0 Å². The summed E-state index contributed by atoms with van der Waals surface area (Å²) in [6, 6.07) is 7.48. The summed E-state index contributed by atoms with van der Waals surface area (Å²) in [4.78, 5) is 11.8. The Morgan fingerprint density at radius 2 is 1.72 bits per heavy atom. The Balaban J connectivity index is 2.23. The van der Waals surface area contributed by atoms with Crippen molar-refractivity contribution in [2.45, 2.75) is 11.5 Å². The number of primary sulfonamides is 1. The third kappa shape index (κ3) is 4.46. The summed E-state index contributed by atoms with van der Waals surface area (Å²) in [5.74, 6) is -0.952. The summed E-state index contributed by atoms with van der Waals surface area (Å²) >= 11 is 0. The number of hydrogen-bond acceptors (Lipinski definition) is 6. The average molecular weight is 369 g/mol. The van der Waals surface area contributed by atoms with Gasteiger partial charge in [-0.05, 0) is 36.4 Å². The molecule has 7 nitrogen and oxygen atoms in total. The molecule has 0 aromatic heterocycles. The number of esters is 1. The van der Waals surface area contributed by atoms with Gasteiger partial charge in [-0.2, -0.15) is 0 Å². The molecular formula is C16H16FNO6S. The van der Waals surface area contributed by atoms with Crippen LogP contribution in [0.25, 0.3) is 0 Å².